The highest BCUT2D eigenvalue weighted by Gasteiger charge is 2.52. The van der Waals surface area contributed by atoms with Gasteiger partial charge >= 0.3 is 6.09 Å². The van der Waals surface area contributed by atoms with E-state index in [1.165, 1.54) is 0 Å². The molecule has 1 aliphatic carbocycles. The SMILES string of the molecule is CN(C(=O)c1n[nH]c2c1CN(C(=O)OC(C)(C)C)CC2)C1(c2ccccn2)CC1. The first-order chi connectivity index (χ1) is 13.7. The molecule has 0 saturated heterocycles. The van der Waals surface area contributed by atoms with Crippen molar-refractivity contribution < 1.29 is 14.3 Å². The third kappa shape index (κ3) is 3.59. The van der Waals surface area contributed by atoms with Crippen LogP contribution in [0.1, 0.15) is 61.1 Å². The molecule has 8 heteroatoms. The number of carbonyl (C=O) groups is 2. The number of fused-ring (bicyclic) bond motifs is 1. The summed E-state index contributed by atoms with van der Waals surface area (Å²) in [4.78, 5) is 33.6. The van der Waals surface area contributed by atoms with Crippen molar-refractivity contribution in [1.82, 2.24) is 25.0 Å². The molecule has 0 atom stereocenters. The molecule has 0 spiro atoms. The number of aromatic nitrogens is 3. The lowest BCUT2D eigenvalue weighted by atomic mass is 10.0. The lowest BCUT2D eigenvalue weighted by molar-refractivity contribution is 0.0221. The van der Waals surface area contributed by atoms with Crippen LogP contribution in [0, 0.1) is 0 Å². The molecule has 4 rings (SSSR count). The van der Waals surface area contributed by atoms with Crippen LogP contribution in [-0.2, 0) is 23.2 Å². The van der Waals surface area contributed by atoms with Crippen LogP contribution in [0.15, 0.2) is 24.4 Å². The van der Waals surface area contributed by atoms with Gasteiger partial charge in [0.25, 0.3) is 5.91 Å². The lowest BCUT2D eigenvalue weighted by Crippen LogP contribution is -2.41. The highest BCUT2D eigenvalue weighted by Crippen LogP contribution is 2.50. The predicted octanol–water partition coefficient (Wildman–Crippen LogP) is 2.86. The van der Waals surface area contributed by atoms with Gasteiger partial charge in [0.1, 0.15) is 5.60 Å². The summed E-state index contributed by atoms with van der Waals surface area (Å²) in [6.45, 7) is 6.37. The van der Waals surface area contributed by atoms with Gasteiger partial charge in [-0.2, -0.15) is 5.10 Å². The van der Waals surface area contributed by atoms with Crippen molar-refractivity contribution in [2.45, 2.75) is 57.7 Å². The number of hydrogen-bond acceptors (Lipinski definition) is 5. The maximum atomic E-state index is 13.3. The molecule has 2 aromatic heterocycles. The molecule has 0 unspecified atom stereocenters. The lowest BCUT2D eigenvalue weighted by Gasteiger charge is -2.31. The summed E-state index contributed by atoms with van der Waals surface area (Å²) in [5.41, 5.74) is 2.02. The van der Waals surface area contributed by atoms with E-state index in [1.807, 2.05) is 39.0 Å². The number of H-pyrrole nitrogens is 1. The zero-order chi connectivity index (χ0) is 20.8. The summed E-state index contributed by atoms with van der Waals surface area (Å²) >= 11 is 0. The smallest absolute Gasteiger partial charge is 0.410 e. The predicted molar refractivity (Wildman–Crippen MR) is 106 cm³/mol. The molecule has 8 nitrogen and oxygen atoms in total. The van der Waals surface area contributed by atoms with E-state index in [4.69, 9.17) is 4.74 Å². The Morgan fingerprint density at radius 3 is 2.66 bits per heavy atom. The maximum absolute atomic E-state index is 13.3. The Kier molecular flexibility index (Phi) is 4.59. The van der Waals surface area contributed by atoms with Gasteiger partial charge in [0.15, 0.2) is 5.69 Å². The van der Waals surface area contributed by atoms with E-state index in [0.717, 1.165) is 29.8 Å². The quantitative estimate of drug-likeness (QED) is 0.860. The third-order valence-electron chi connectivity index (χ3n) is 5.60. The normalized spacial score (nSPS) is 17.4. The van der Waals surface area contributed by atoms with Crippen molar-refractivity contribution in [1.29, 1.82) is 0 Å². The Hall–Kier alpha value is -2.90. The fourth-order valence-corrected chi connectivity index (χ4v) is 3.83. The van der Waals surface area contributed by atoms with Gasteiger partial charge in [0.05, 0.1) is 17.8 Å². The molecule has 1 fully saturated rings. The van der Waals surface area contributed by atoms with Gasteiger partial charge < -0.3 is 14.5 Å². The van der Waals surface area contributed by atoms with Gasteiger partial charge in [-0.3, -0.25) is 14.9 Å². The Bertz CT molecular complexity index is 928. The number of nitrogens with one attached hydrogen (secondary N) is 1. The Labute approximate surface area is 170 Å². The minimum Gasteiger partial charge on any atom is -0.444 e. The van der Waals surface area contributed by atoms with Crippen molar-refractivity contribution >= 4 is 12.0 Å². The molecule has 1 aliphatic heterocycles. The molecule has 2 aromatic rings. The van der Waals surface area contributed by atoms with Crippen molar-refractivity contribution in [3.05, 3.63) is 47.0 Å². The average molecular weight is 397 g/mol. The molecule has 0 aromatic carbocycles. The molecule has 154 valence electrons. The number of rotatable bonds is 3. The number of amides is 2. The summed E-state index contributed by atoms with van der Waals surface area (Å²) in [6.07, 6.45) is 3.75. The highest BCUT2D eigenvalue weighted by molar-refractivity contribution is 5.95. The number of pyridine rings is 1. The largest absolute Gasteiger partial charge is 0.444 e. The van der Waals surface area contributed by atoms with E-state index in [0.29, 0.717) is 25.2 Å². The monoisotopic (exact) mass is 397 g/mol. The summed E-state index contributed by atoms with van der Waals surface area (Å²) in [6, 6.07) is 5.77. The summed E-state index contributed by atoms with van der Waals surface area (Å²) in [7, 11) is 1.81. The second kappa shape index (κ2) is 6.86. The second-order valence-electron chi connectivity index (χ2n) is 8.79. The number of ether oxygens (including phenoxy) is 1. The van der Waals surface area contributed by atoms with E-state index in [9.17, 15) is 9.59 Å². The van der Waals surface area contributed by atoms with Crippen LogP contribution < -0.4 is 0 Å². The maximum Gasteiger partial charge on any atom is 0.410 e. The van der Waals surface area contributed by atoms with E-state index >= 15 is 0 Å². The zero-order valence-electron chi connectivity index (χ0n) is 17.4. The topological polar surface area (TPSA) is 91.4 Å². The van der Waals surface area contributed by atoms with Crippen LogP contribution in [0.3, 0.4) is 0 Å². The van der Waals surface area contributed by atoms with E-state index in [2.05, 4.69) is 15.2 Å². The van der Waals surface area contributed by atoms with Crippen molar-refractivity contribution in [3.63, 3.8) is 0 Å². The average Bonchev–Trinajstić information content (AvgIpc) is 3.39. The fourth-order valence-electron chi connectivity index (χ4n) is 3.83. The van der Waals surface area contributed by atoms with Gasteiger partial charge in [-0.25, -0.2) is 4.79 Å². The van der Waals surface area contributed by atoms with Crippen LogP contribution in [0.2, 0.25) is 0 Å². The Balaban J connectivity index is 1.55. The molecule has 29 heavy (non-hydrogen) atoms. The molecule has 0 bridgehead atoms. The molecular formula is C21H27N5O3. The van der Waals surface area contributed by atoms with Crippen LogP contribution in [0.5, 0.6) is 0 Å². The standard InChI is InChI=1S/C21H27N5O3/c1-20(2,3)29-19(28)26-12-8-15-14(13-26)17(24-23-15)18(27)25(4)21(9-10-21)16-7-5-6-11-22-16/h5-7,11H,8-10,12-13H2,1-4H3,(H,23,24). The van der Waals surface area contributed by atoms with Crippen LogP contribution in [0.25, 0.3) is 0 Å². The first-order valence-corrected chi connectivity index (χ1v) is 9.95. The van der Waals surface area contributed by atoms with Gasteiger partial charge in [-0.1, -0.05) is 6.07 Å². The van der Waals surface area contributed by atoms with Crippen LogP contribution in [0.4, 0.5) is 4.79 Å². The van der Waals surface area contributed by atoms with Gasteiger partial charge in [0.2, 0.25) is 0 Å². The fraction of sp³-hybridized carbons (Fsp3) is 0.524. The highest BCUT2D eigenvalue weighted by atomic mass is 16.6. The number of nitrogens with zero attached hydrogens (tertiary/aromatic N) is 4. The molecule has 2 aliphatic rings. The van der Waals surface area contributed by atoms with Crippen molar-refractivity contribution in [2.24, 2.45) is 0 Å². The number of carbonyl (C=O) groups excluding carboxylic acids is 2. The van der Waals surface area contributed by atoms with Gasteiger partial charge in [-0.05, 0) is 45.7 Å². The number of aromatic amines is 1. The molecule has 2 amide bonds. The number of hydrogen-bond donors (Lipinski definition) is 1. The second-order valence-corrected chi connectivity index (χ2v) is 8.79. The van der Waals surface area contributed by atoms with Gasteiger partial charge in [0, 0.05) is 37.5 Å². The van der Waals surface area contributed by atoms with Crippen LogP contribution in [-0.4, -0.2) is 56.2 Å². The Morgan fingerprint density at radius 1 is 1.28 bits per heavy atom. The molecule has 0 radical (unpaired) electrons. The third-order valence-corrected chi connectivity index (χ3v) is 5.60. The summed E-state index contributed by atoms with van der Waals surface area (Å²) in [5, 5.41) is 7.30. The molecule has 1 N–H and O–H groups in total. The minimum atomic E-state index is -0.562. The van der Waals surface area contributed by atoms with E-state index < -0.39 is 5.60 Å². The molecule has 3 heterocycles. The van der Waals surface area contributed by atoms with E-state index in [-0.39, 0.29) is 17.5 Å². The zero-order valence-corrected chi connectivity index (χ0v) is 17.4. The summed E-state index contributed by atoms with van der Waals surface area (Å²) < 4.78 is 5.49. The first-order valence-electron chi connectivity index (χ1n) is 9.95. The van der Waals surface area contributed by atoms with Gasteiger partial charge in [-0.15, -0.1) is 0 Å². The summed E-state index contributed by atoms with van der Waals surface area (Å²) in [5.74, 6) is -0.156. The molecule has 1 saturated carbocycles. The van der Waals surface area contributed by atoms with Crippen molar-refractivity contribution in [3.8, 4) is 0 Å². The molecular weight excluding hydrogens is 370 g/mol. The minimum absolute atomic E-state index is 0.156. The van der Waals surface area contributed by atoms with Crippen LogP contribution >= 0.6 is 0 Å². The van der Waals surface area contributed by atoms with Crippen molar-refractivity contribution in [2.75, 3.05) is 13.6 Å². The first kappa shape index (κ1) is 19.4. The van der Waals surface area contributed by atoms with E-state index in [1.54, 1.807) is 23.0 Å². The Morgan fingerprint density at radius 2 is 2.03 bits per heavy atom.